The number of likely N-dealkylation sites (N-methyl/N-ethyl adjacent to an activating group) is 2. The number of rotatable bonds is 4. The van der Waals surface area contributed by atoms with Crippen LogP contribution < -0.4 is 4.74 Å². The maximum absolute atomic E-state index is 12.0. The lowest BCUT2D eigenvalue weighted by atomic mass is 10.0. The minimum atomic E-state index is 0.0164. The summed E-state index contributed by atoms with van der Waals surface area (Å²) in [5.74, 6) is 1.18. The van der Waals surface area contributed by atoms with Crippen LogP contribution in [0.1, 0.15) is 23.1 Å². The van der Waals surface area contributed by atoms with Crippen LogP contribution >= 0.6 is 0 Å². The number of amides is 1. The minimum Gasteiger partial charge on any atom is -0.496 e. The zero-order chi connectivity index (χ0) is 14.9. The van der Waals surface area contributed by atoms with E-state index < -0.39 is 0 Å². The van der Waals surface area contributed by atoms with Crippen LogP contribution in [0.25, 0.3) is 0 Å². The van der Waals surface area contributed by atoms with Gasteiger partial charge in [-0.15, -0.1) is 0 Å². The monoisotopic (exact) mass is 276 g/mol. The van der Waals surface area contributed by atoms with E-state index in [0.717, 1.165) is 36.4 Å². The van der Waals surface area contributed by atoms with Crippen molar-refractivity contribution in [2.45, 2.75) is 32.9 Å². The molecule has 1 aliphatic heterocycles. The number of carbonyl (C=O) groups excluding carboxylic acids is 1. The number of ether oxygens (including phenoxy) is 1. The van der Waals surface area contributed by atoms with Crippen LogP contribution in [-0.4, -0.2) is 49.5 Å². The molecule has 20 heavy (non-hydrogen) atoms. The topological polar surface area (TPSA) is 32.8 Å². The average molecular weight is 276 g/mol. The Balaban J connectivity index is 2.12. The standard InChI is InChI=1S/C16H24N2O2/c1-11-8-13(9-12(2)15(11)20-5)10-18(4)14-6-7-17(3)16(14)19/h8-9,14H,6-7,10H2,1-5H3/t14-/m1/s1. The molecule has 0 N–H and O–H groups in total. The molecule has 2 rings (SSSR count). The van der Waals surface area contributed by atoms with Crippen LogP contribution in [-0.2, 0) is 11.3 Å². The lowest BCUT2D eigenvalue weighted by Crippen LogP contribution is -2.38. The molecule has 0 radical (unpaired) electrons. The molecule has 1 amide bonds. The van der Waals surface area contributed by atoms with E-state index in [1.807, 2.05) is 19.0 Å². The Morgan fingerprint density at radius 2 is 1.95 bits per heavy atom. The third kappa shape index (κ3) is 2.80. The van der Waals surface area contributed by atoms with Gasteiger partial charge in [-0.25, -0.2) is 0 Å². The Bertz CT molecular complexity index is 490. The van der Waals surface area contributed by atoms with Crippen LogP contribution in [0, 0.1) is 13.8 Å². The van der Waals surface area contributed by atoms with E-state index in [1.54, 1.807) is 7.11 Å². The quantitative estimate of drug-likeness (QED) is 0.843. The molecule has 1 aromatic carbocycles. The van der Waals surface area contributed by atoms with Crippen molar-refractivity contribution in [2.24, 2.45) is 0 Å². The summed E-state index contributed by atoms with van der Waals surface area (Å²) >= 11 is 0. The predicted molar refractivity (Wildman–Crippen MR) is 80.0 cm³/mol. The highest BCUT2D eigenvalue weighted by molar-refractivity contribution is 5.83. The molecule has 0 aromatic heterocycles. The Morgan fingerprint density at radius 3 is 2.40 bits per heavy atom. The summed E-state index contributed by atoms with van der Waals surface area (Å²) in [6.45, 7) is 5.76. The Labute approximate surface area is 121 Å². The molecule has 1 fully saturated rings. The molecule has 0 spiro atoms. The van der Waals surface area contributed by atoms with Gasteiger partial charge in [0.2, 0.25) is 5.91 Å². The summed E-state index contributed by atoms with van der Waals surface area (Å²) in [5, 5.41) is 0. The zero-order valence-electron chi connectivity index (χ0n) is 13.1. The fourth-order valence-corrected chi connectivity index (χ4v) is 3.06. The van der Waals surface area contributed by atoms with Gasteiger partial charge in [-0.3, -0.25) is 9.69 Å². The van der Waals surface area contributed by atoms with Crippen molar-refractivity contribution in [3.05, 3.63) is 28.8 Å². The average Bonchev–Trinajstić information content (AvgIpc) is 2.69. The first-order valence-electron chi connectivity index (χ1n) is 7.03. The molecule has 0 unspecified atom stereocenters. The molecule has 0 aliphatic carbocycles. The van der Waals surface area contributed by atoms with E-state index >= 15 is 0 Å². The van der Waals surface area contributed by atoms with Crippen molar-refractivity contribution in [3.63, 3.8) is 0 Å². The van der Waals surface area contributed by atoms with Crippen LogP contribution in [0.5, 0.6) is 5.75 Å². The molecule has 4 heteroatoms. The summed E-state index contributed by atoms with van der Waals surface area (Å²) in [6.07, 6.45) is 0.917. The van der Waals surface area contributed by atoms with E-state index in [0.29, 0.717) is 0 Å². The molecule has 1 heterocycles. The smallest absolute Gasteiger partial charge is 0.239 e. The fourth-order valence-electron chi connectivity index (χ4n) is 3.06. The Hall–Kier alpha value is -1.55. The first kappa shape index (κ1) is 14.9. The van der Waals surface area contributed by atoms with E-state index in [1.165, 1.54) is 5.56 Å². The summed E-state index contributed by atoms with van der Waals surface area (Å²) in [4.78, 5) is 16.0. The summed E-state index contributed by atoms with van der Waals surface area (Å²) in [5.41, 5.74) is 3.52. The van der Waals surface area contributed by atoms with Crippen molar-refractivity contribution >= 4 is 5.91 Å². The zero-order valence-corrected chi connectivity index (χ0v) is 13.1. The van der Waals surface area contributed by atoms with Gasteiger partial charge in [-0.2, -0.15) is 0 Å². The van der Waals surface area contributed by atoms with Crippen LogP contribution in [0.4, 0.5) is 0 Å². The predicted octanol–water partition coefficient (Wildman–Crippen LogP) is 1.97. The second-order valence-electron chi connectivity index (χ2n) is 5.74. The number of methoxy groups -OCH3 is 1. The van der Waals surface area contributed by atoms with Gasteiger partial charge < -0.3 is 9.64 Å². The van der Waals surface area contributed by atoms with E-state index in [4.69, 9.17) is 4.74 Å². The Morgan fingerprint density at radius 1 is 1.35 bits per heavy atom. The number of nitrogens with zero attached hydrogens (tertiary/aromatic N) is 2. The number of carbonyl (C=O) groups is 1. The van der Waals surface area contributed by atoms with Gasteiger partial charge in [0.05, 0.1) is 13.2 Å². The van der Waals surface area contributed by atoms with Gasteiger partial charge in [-0.05, 0) is 44.0 Å². The van der Waals surface area contributed by atoms with Crippen molar-refractivity contribution in [1.82, 2.24) is 9.80 Å². The fraction of sp³-hybridized carbons (Fsp3) is 0.562. The molecule has 1 atom stereocenters. The Kier molecular flexibility index (Phi) is 4.33. The SMILES string of the molecule is COc1c(C)cc(CN(C)[C@@H]2CCN(C)C2=O)cc1C. The minimum absolute atomic E-state index is 0.0164. The van der Waals surface area contributed by atoms with Gasteiger partial charge in [0.15, 0.2) is 0 Å². The van der Waals surface area contributed by atoms with Gasteiger partial charge in [0, 0.05) is 20.1 Å². The lowest BCUT2D eigenvalue weighted by molar-refractivity contribution is -0.130. The molecule has 4 nitrogen and oxygen atoms in total. The summed E-state index contributed by atoms with van der Waals surface area (Å²) in [7, 11) is 5.60. The molecule has 0 saturated carbocycles. The second kappa shape index (κ2) is 5.83. The van der Waals surface area contributed by atoms with Gasteiger partial charge in [0.1, 0.15) is 5.75 Å². The first-order valence-corrected chi connectivity index (χ1v) is 7.03. The molecule has 110 valence electrons. The largest absolute Gasteiger partial charge is 0.496 e. The highest BCUT2D eigenvalue weighted by Gasteiger charge is 2.32. The molecule has 1 aromatic rings. The molecular weight excluding hydrogens is 252 g/mol. The molecule has 1 saturated heterocycles. The third-order valence-electron chi connectivity index (χ3n) is 4.09. The van der Waals surface area contributed by atoms with Crippen LogP contribution in [0.2, 0.25) is 0 Å². The maximum Gasteiger partial charge on any atom is 0.239 e. The van der Waals surface area contributed by atoms with Gasteiger partial charge in [0.25, 0.3) is 0 Å². The highest BCUT2D eigenvalue weighted by atomic mass is 16.5. The third-order valence-corrected chi connectivity index (χ3v) is 4.09. The normalized spacial score (nSPS) is 19.0. The summed E-state index contributed by atoms with van der Waals surface area (Å²) < 4.78 is 5.39. The van der Waals surface area contributed by atoms with E-state index in [2.05, 4.69) is 30.9 Å². The van der Waals surface area contributed by atoms with Crippen LogP contribution in [0.15, 0.2) is 12.1 Å². The number of benzene rings is 1. The van der Waals surface area contributed by atoms with Gasteiger partial charge in [-0.1, -0.05) is 12.1 Å². The van der Waals surface area contributed by atoms with Crippen LogP contribution in [0.3, 0.4) is 0 Å². The first-order chi connectivity index (χ1) is 9.43. The van der Waals surface area contributed by atoms with E-state index in [9.17, 15) is 4.79 Å². The van der Waals surface area contributed by atoms with Crippen molar-refractivity contribution < 1.29 is 9.53 Å². The van der Waals surface area contributed by atoms with Crippen molar-refractivity contribution in [2.75, 3.05) is 27.7 Å². The highest BCUT2D eigenvalue weighted by Crippen LogP contribution is 2.25. The number of hydrogen-bond donors (Lipinski definition) is 0. The van der Waals surface area contributed by atoms with Crippen molar-refractivity contribution in [3.8, 4) is 5.75 Å². The number of hydrogen-bond acceptors (Lipinski definition) is 3. The summed E-state index contributed by atoms with van der Waals surface area (Å²) in [6, 6.07) is 4.31. The second-order valence-corrected chi connectivity index (χ2v) is 5.74. The molecular formula is C16H24N2O2. The number of likely N-dealkylation sites (tertiary alicyclic amines) is 1. The van der Waals surface area contributed by atoms with Crippen molar-refractivity contribution in [1.29, 1.82) is 0 Å². The number of aryl methyl sites for hydroxylation is 2. The molecule has 0 bridgehead atoms. The van der Waals surface area contributed by atoms with E-state index in [-0.39, 0.29) is 11.9 Å². The lowest BCUT2D eigenvalue weighted by Gasteiger charge is -2.23. The van der Waals surface area contributed by atoms with Gasteiger partial charge >= 0.3 is 0 Å². The molecule has 1 aliphatic rings. The maximum atomic E-state index is 12.0.